The Kier molecular flexibility index (Phi) is 2.90. The number of ether oxygens (including phenoxy) is 1. The van der Waals surface area contributed by atoms with E-state index in [2.05, 4.69) is 16.8 Å². The number of carbonyl (C=O) groups excluding carboxylic acids is 1. The van der Waals surface area contributed by atoms with E-state index in [1.54, 1.807) is 18.4 Å². The van der Waals surface area contributed by atoms with Crippen molar-refractivity contribution >= 4 is 17.2 Å². The van der Waals surface area contributed by atoms with Crippen molar-refractivity contribution in [1.82, 2.24) is 10.2 Å². The molecule has 3 rings (SSSR count). The fourth-order valence-electron chi connectivity index (χ4n) is 2.57. The molecule has 0 spiro atoms. The fraction of sp³-hybridized carbons (Fsp3) is 0.583. The number of nitrogens with one attached hydrogen (secondary N) is 1. The first-order chi connectivity index (χ1) is 8.29. The highest BCUT2D eigenvalue weighted by molar-refractivity contribution is 7.10. The van der Waals surface area contributed by atoms with Crippen LogP contribution in [0.15, 0.2) is 17.5 Å². The minimum atomic E-state index is 0.0744. The van der Waals surface area contributed by atoms with Crippen molar-refractivity contribution in [2.75, 3.05) is 13.7 Å². The zero-order valence-corrected chi connectivity index (χ0v) is 10.6. The number of hydrogen-bond donors (Lipinski definition) is 1. The van der Waals surface area contributed by atoms with Crippen LogP contribution in [-0.2, 0) is 9.53 Å². The molecule has 1 atom stereocenters. The molecule has 1 aromatic rings. The zero-order chi connectivity index (χ0) is 11.8. The number of thiophene rings is 1. The monoisotopic (exact) mass is 252 g/mol. The van der Waals surface area contributed by atoms with Gasteiger partial charge in [-0.2, -0.15) is 0 Å². The van der Waals surface area contributed by atoms with Crippen molar-refractivity contribution in [1.29, 1.82) is 0 Å². The predicted molar refractivity (Wildman–Crippen MR) is 65.7 cm³/mol. The molecule has 1 amide bonds. The first-order valence-corrected chi connectivity index (χ1v) is 6.78. The van der Waals surface area contributed by atoms with E-state index < -0.39 is 0 Å². The van der Waals surface area contributed by atoms with Crippen LogP contribution in [0.25, 0.3) is 0 Å². The van der Waals surface area contributed by atoms with E-state index in [1.165, 1.54) is 4.88 Å². The Balaban J connectivity index is 1.74. The second kappa shape index (κ2) is 4.40. The number of carbonyl (C=O) groups is 1. The molecule has 5 heteroatoms. The van der Waals surface area contributed by atoms with E-state index in [0.717, 1.165) is 12.8 Å². The summed E-state index contributed by atoms with van der Waals surface area (Å²) in [5.74, 6) is 0.211. The zero-order valence-electron chi connectivity index (χ0n) is 9.76. The third-order valence-electron chi connectivity index (χ3n) is 3.62. The molecule has 1 unspecified atom stereocenters. The van der Waals surface area contributed by atoms with Gasteiger partial charge in [0, 0.05) is 18.0 Å². The van der Waals surface area contributed by atoms with Crippen LogP contribution in [0, 0.1) is 0 Å². The van der Waals surface area contributed by atoms with Gasteiger partial charge in [0.25, 0.3) is 0 Å². The van der Waals surface area contributed by atoms with Crippen LogP contribution in [0.2, 0.25) is 0 Å². The van der Waals surface area contributed by atoms with E-state index in [-0.39, 0.29) is 12.1 Å². The van der Waals surface area contributed by atoms with Gasteiger partial charge in [0.2, 0.25) is 5.91 Å². The number of nitrogens with zero attached hydrogens (tertiary/aromatic N) is 1. The molecule has 2 heterocycles. The fourth-order valence-corrected chi connectivity index (χ4v) is 3.37. The van der Waals surface area contributed by atoms with Crippen molar-refractivity contribution in [3.63, 3.8) is 0 Å². The summed E-state index contributed by atoms with van der Waals surface area (Å²) in [4.78, 5) is 15.2. The van der Waals surface area contributed by atoms with Crippen LogP contribution in [0.1, 0.15) is 23.9 Å². The molecule has 2 aliphatic rings. The van der Waals surface area contributed by atoms with Crippen LogP contribution in [0.5, 0.6) is 0 Å². The van der Waals surface area contributed by atoms with Gasteiger partial charge in [0.1, 0.15) is 6.17 Å². The third-order valence-corrected chi connectivity index (χ3v) is 4.55. The maximum absolute atomic E-state index is 11.9. The summed E-state index contributed by atoms with van der Waals surface area (Å²) in [7, 11) is 1.74. The molecule has 4 nitrogen and oxygen atoms in total. The van der Waals surface area contributed by atoms with E-state index in [1.807, 2.05) is 11.0 Å². The number of amides is 1. The maximum atomic E-state index is 11.9. The Morgan fingerprint density at radius 3 is 3.00 bits per heavy atom. The molecule has 17 heavy (non-hydrogen) atoms. The lowest BCUT2D eigenvalue weighted by Gasteiger charge is -2.42. The highest BCUT2D eigenvalue weighted by atomic mass is 32.1. The summed E-state index contributed by atoms with van der Waals surface area (Å²) < 4.78 is 5.28. The van der Waals surface area contributed by atoms with Gasteiger partial charge < -0.3 is 9.64 Å². The molecule has 1 saturated heterocycles. The largest absolute Gasteiger partial charge is 0.381 e. The van der Waals surface area contributed by atoms with Crippen LogP contribution in [-0.4, -0.2) is 36.6 Å². The number of methoxy groups -OCH3 is 1. The number of hydrogen-bond acceptors (Lipinski definition) is 4. The van der Waals surface area contributed by atoms with E-state index in [4.69, 9.17) is 4.74 Å². The summed E-state index contributed by atoms with van der Waals surface area (Å²) in [5.41, 5.74) is 0. The van der Waals surface area contributed by atoms with Gasteiger partial charge in [-0.1, -0.05) is 6.07 Å². The topological polar surface area (TPSA) is 41.6 Å². The van der Waals surface area contributed by atoms with Crippen LogP contribution >= 0.6 is 11.3 Å². The lowest BCUT2D eigenvalue weighted by atomic mass is 9.87. The Labute approximate surface area is 105 Å². The average molecular weight is 252 g/mol. The second-order valence-corrected chi connectivity index (χ2v) is 5.56. The van der Waals surface area contributed by atoms with E-state index in [0.29, 0.717) is 18.7 Å². The Morgan fingerprint density at radius 2 is 2.35 bits per heavy atom. The summed E-state index contributed by atoms with van der Waals surface area (Å²) in [6.07, 6.45) is 2.33. The Hall–Kier alpha value is -0.910. The molecule has 1 N–H and O–H groups in total. The minimum absolute atomic E-state index is 0.0744. The molecular weight excluding hydrogens is 236 g/mol. The highest BCUT2D eigenvalue weighted by Gasteiger charge is 2.43. The predicted octanol–water partition coefficient (Wildman–Crippen LogP) is 1.36. The smallest absolute Gasteiger partial charge is 0.238 e. The lowest BCUT2D eigenvalue weighted by molar-refractivity contribution is -0.135. The quantitative estimate of drug-likeness (QED) is 0.883. The molecule has 1 aliphatic carbocycles. The Morgan fingerprint density at radius 1 is 1.53 bits per heavy atom. The molecule has 1 aromatic heterocycles. The lowest BCUT2D eigenvalue weighted by Crippen LogP contribution is -2.49. The first kappa shape index (κ1) is 11.2. The average Bonchev–Trinajstić information content (AvgIpc) is 2.87. The molecule has 0 radical (unpaired) electrons. The van der Waals surface area contributed by atoms with Gasteiger partial charge in [0.05, 0.1) is 12.6 Å². The third kappa shape index (κ3) is 1.88. The van der Waals surface area contributed by atoms with Crippen molar-refractivity contribution in [2.45, 2.75) is 31.2 Å². The maximum Gasteiger partial charge on any atom is 0.238 e. The van der Waals surface area contributed by atoms with E-state index in [9.17, 15) is 4.79 Å². The molecule has 0 aromatic carbocycles. The molecular formula is C12H16N2O2S. The first-order valence-electron chi connectivity index (χ1n) is 5.90. The molecule has 92 valence electrons. The summed E-state index contributed by atoms with van der Waals surface area (Å²) in [6.45, 7) is 0.455. The van der Waals surface area contributed by atoms with Gasteiger partial charge in [0.15, 0.2) is 0 Å². The SMILES string of the molecule is COC1CC(N2C(=O)CNC2c2cccs2)C1. The molecule has 1 aliphatic heterocycles. The summed E-state index contributed by atoms with van der Waals surface area (Å²) in [5, 5.41) is 5.34. The van der Waals surface area contributed by atoms with Crippen molar-refractivity contribution in [3.05, 3.63) is 22.4 Å². The van der Waals surface area contributed by atoms with Gasteiger partial charge >= 0.3 is 0 Å². The second-order valence-electron chi connectivity index (χ2n) is 4.58. The molecule has 2 fully saturated rings. The van der Waals surface area contributed by atoms with Crippen molar-refractivity contribution < 1.29 is 9.53 Å². The summed E-state index contributed by atoms with van der Waals surface area (Å²) >= 11 is 1.70. The van der Waals surface area contributed by atoms with Gasteiger partial charge in [-0.3, -0.25) is 10.1 Å². The van der Waals surface area contributed by atoms with Gasteiger partial charge in [-0.15, -0.1) is 11.3 Å². The minimum Gasteiger partial charge on any atom is -0.381 e. The van der Waals surface area contributed by atoms with Gasteiger partial charge in [-0.25, -0.2) is 0 Å². The van der Waals surface area contributed by atoms with Crippen molar-refractivity contribution in [3.8, 4) is 0 Å². The molecule has 0 bridgehead atoms. The Bertz CT molecular complexity index is 401. The van der Waals surface area contributed by atoms with Crippen molar-refractivity contribution in [2.24, 2.45) is 0 Å². The number of rotatable bonds is 3. The van der Waals surface area contributed by atoms with Crippen LogP contribution in [0.3, 0.4) is 0 Å². The normalized spacial score (nSPS) is 32.9. The van der Waals surface area contributed by atoms with Gasteiger partial charge in [-0.05, 0) is 24.3 Å². The van der Waals surface area contributed by atoms with Crippen LogP contribution in [0.4, 0.5) is 0 Å². The van der Waals surface area contributed by atoms with E-state index >= 15 is 0 Å². The molecule has 1 saturated carbocycles. The highest BCUT2D eigenvalue weighted by Crippen LogP contribution is 2.36. The van der Waals surface area contributed by atoms with Crippen LogP contribution < -0.4 is 5.32 Å². The summed E-state index contributed by atoms with van der Waals surface area (Å²) in [6, 6.07) is 4.46. The standard InChI is InChI=1S/C12H16N2O2S/c1-16-9-5-8(6-9)14-11(15)7-13-12(14)10-3-2-4-17-10/h2-4,8-9,12-13H,5-7H2,1H3.